The fourth-order valence-electron chi connectivity index (χ4n) is 5.45. The fourth-order valence-corrected chi connectivity index (χ4v) is 5.45. The minimum absolute atomic E-state index is 0.0363. The van der Waals surface area contributed by atoms with Crippen molar-refractivity contribution in [2.45, 2.75) is 57.4 Å². The van der Waals surface area contributed by atoms with Gasteiger partial charge in [-0.1, -0.05) is 44.0 Å². The molecule has 1 saturated carbocycles. The molecule has 3 aromatic carbocycles. The summed E-state index contributed by atoms with van der Waals surface area (Å²) >= 11 is 0. The first-order chi connectivity index (χ1) is 20.2. The Kier molecular flexibility index (Phi) is 8.75. The zero-order valence-electron chi connectivity index (χ0n) is 23.4. The number of carbonyl (C=O) groups is 2. The molecule has 1 aliphatic carbocycles. The lowest BCUT2D eigenvalue weighted by atomic mass is 9.84. The van der Waals surface area contributed by atoms with E-state index in [1.54, 1.807) is 18.2 Å². The van der Waals surface area contributed by atoms with Gasteiger partial charge in [-0.25, -0.2) is 17.6 Å². The van der Waals surface area contributed by atoms with Crippen molar-refractivity contribution in [3.63, 3.8) is 0 Å². The molecule has 1 fully saturated rings. The predicted octanol–water partition coefficient (Wildman–Crippen LogP) is 7.18. The molecule has 0 N–H and O–H groups in total. The molecule has 2 atom stereocenters. The van der Waals surface area contributed by atoms with E-state index in [9.17, 15) is 22.8 Å². The molecular weight excluding hydrogens is 550 g/mol. The molecule has 2 aliphatic rings. The van der Waals surface area contributed by atoms with E-state index >= 15 is 4.39 Å². The first-order valence-corrected chi connectivity index (χ1v) is 14.1. The van der Waals surface area contributed by atoms with E-state index in [4.69, 9.17) is 9.47 Å². The standard InChI is InChI=1S/C33H31F4NO4/c1-3-22-29(36)25(15-26(35)30(22)37)32(40)31-24(16-27(38-31)19-10-12-20(34)13-11-19)23-5-4-6-28(33(23)41-2)42-17-21(39)14-9-18-7-8-18/h4-6,10-13,15,18,24,31H,3,7-9,14,16-17H2,1-2H3. The molecule has 42 heavy (non-hydrogen) atoms. The Hall–Kier alpha value is -4.01. The molecule has 2 unspecified atom stereocenters. The molecule has 3 aromatic rings. The topological polar surface area (TPSA) is 65.0 Å². The Bertz CT molecular complexity index is 1530. The summed E-state index contributed by atoms with van der Waals surface area (Å²) < 4.78 is 69.2. The van der Waals surface area contributed by atoms with Gasteiger partial charge in [0.25, 0.3) is 0 Å². The highest BCUT2D eigenvalue weighted by Crippen LogP contribution is 2.44. The van der Waals surface area contributed by atoms with Crippen LogP contribution in [0.15, 0.2) is 53.5 Å². The molecule has 220 valence electrons. The van der Waals surface area contributed by atoms with E-state index in [0.717, 1.165) is 19.3 Å². The van der Waals surface area contributed by atoms with Crippen LogP contribution in [0.3, 0.4) is 0 Å². The predicted molar refractivity (Wildman–Crippen MR) is 150 cm³/mol. The fraction of sp³-hybridized carbons (Fsp3) is 0.364. The normalized spacial score (nSPS) is 18.1. The van der Waals surface area contributed by atoms with E-state index in [-0.39, 0.29) is 31.0 Å². The zero-order chi connectivity index (χ0) is 30.0. The summed E-state index contributed by atoms with van der Waals surface area (Å²) in [4.78, 5) is 30.8. The Morgan fingerprint density at radius 3 is 2.40 bits per heavy atom. The molecule has 9 heteroatoms. The third-order valence-corrected chi connectivity index (χ3v) is 7.93. The van der Waals surface area contributed by atoms with Crippen molar-refractivity contribution in [1.29, 1.82) is 0 Å². The second-order valence-electron chi connectivity index (χ2n) is 10.8. The van der Waals surface area contributed by atoms with Crippen molar-refractivity contribution in [3.05, 3.63) is 94.1 Å². The molecule has 0 aromatic heterocycles. The van der Waals surface area contributed by atoms with Crippen LogP contribution in [0, 0.1) is 29.2 Å². The van der Waals surface area contributed by atoms with Crippen molar-refractivity contribution < 1.29 is 36.6 Å². The van der Waals surface area contributed by atoms with Gasteiger partial charge in [-0.15, -0.1) is 0 Å². The van der Waals surface area contributed by atoms with E-state index in [0.29, 0.717) is 41.0 Å². The summed E-state index contributed by atoms with van der Waals surface area (Å²) in [5, 5.41) is 0. The number of ether oxygens (including phenoxy) is 2. The number of halogens is 4. The quantitative estimate of drug-likeness (QED) is 0.129. The van der Waals surface area contributed by atoms with Crippen molar-refractivity contribution in [1.82, 2.24) is 0 Å². The summed E-state index contributed by atoms with van der Waals surface area (Å²) in [6, 6.07) is 9.97. The molecule has 0 radical (unpaired) electrons. The third-order valence-electron chi connectivity index (χ3n) is 7.93. The van der Waals surface area contributed by atoms with E-state index in [2.05, 4.69) is 4.99 Å². The zero-order valence-corrected chi connectivity index (χ0v) is 23.4. The van der Waals surface area contributed by atoms with E-state index in [1.165, 1.54) is 38.3 Å². The summed E-state index contributed by atoms with van der Waals surface area (Å²) in [5.74, 6) is -4.61. The van der Waals surface area contributed by atoms with Crippen molar-refractivity contribution >= 4 is 17.3 Å². The van der Waals surface area contributed by atoms with Crippen LogP contribution in [0.4, 0.5) is 17.6 Å². The van der Waals surface area contributed by atoms with Gasteiger partial charge >= 0.3 is 0 Å². The molecule has 0 spiro atoms. The first kappa shape index (κ1) is 29.5. The molecule has 0 amide bonds. The molecule has 5 nitrogen and oxygen atoms in total. The minimum atomic E-state index is -1.33. The number of benzene rings is 3. The van der Waals surface area contributed by atoms with Crippen LogP contribution >= 0.6 is 0 Å². The maximum absolute atomic E-state index is 15.3. The number of carbonyl (C=O) groups excluding carboxylic acids is 2. The van der Waals surface area contributed by atoms with Crippen molar-refractivity contribution in [2.24, 2.45) is 10.9 Å². The van der Waals surface area contributed by atoms with Gasteiger partial charge in [0.15, 0.2) is 34.7 Å². The van der Waals surface area contributed by atoms with Crippen LogP contribution in [0.5, 0.6) is 11.5 Å². The number of methoxy groups -OCH3 is 1. The highest BCUT2D eigenvalue weighted by atomic mass is 19.2. The van der Waals surface area contributed by atoms with Gasteiger partial charge in [0.05, 0.1) is 12.7 Å². The van der Waals surface area contributed by atoms with Gasteiger partial charge in [-0.2, -0.15) is 0 Å². The van der Waals surface area contributed by atoms with E-state index < -0.39 is 52.1 Å². The number of hydrogen-bond donors (Lipinski definition) is 0. The van der Waals surface area contributed by atoms with Crippen LogP contribution in [-0.2, 0) is 11.2 Å². The number of ketones is 2. The smallest absolute Gasteiger partial charge is 0.190 e. The Morgan fingerprint density at radius 1 is 1.00 bits per heavy atom. The summed E-state index contributed by atoms with van der Waals surface area (Å²) in [6.07, 6.45) is 3.62. The average molecular weight is 582 g/mol. The van der Waals surface area contributed by atoms with Gasteiger partial charge in [0.2, 0.25) is 0 Å². The van der Waals surface area contributed by atoms with Crippen LogP contribution in [0.2, 0.25) is 0 Å². The monoisotopic (exact) mass is 581 g/mol. The highest BCUT2D eigenvalue weighted by molar-refractivity contribution is 6.09. The number of Topliss-reactive ketones (excluding diaryl/α,β-unsaturated/α-hetero) is 2. The molecular formula is C33H31F4NO4. The molecule has 1 aliphatic heterocycles. The van der Waals surface area contributed by atoms with Crippen LogP contribution in [-0.4, -0.2) is 37.0 Å². The summed E-state index contributed by atoms with van der Waals surface area (Å²) in [7, 11) is 1.43. The first-order valence-electron chi connectivity index (χ1n) is 14.1. The number of hydrogen-bond acceptors (Lipinski definition) is 5. The number of rotatable bonds is 12. The molecule has 0 saturated heterocycles. The lowest BCUT2D eigenvalue weighted by Crippen LogP contribution is -2.26. The summed E-state index contributed by atoms with van der Waals surface area (Å²) in [5.41, 5.74) is 0.413. The van der Waals surface area contributed by atoms with Crippen LogP contribution in [0.1, 0.15) is 72.0 Å². The lowest BCUT2D eigenvalue weighted by Gasteiger charge is -2.22. The Morgan fingerprint density at radius 2 is 1.74 bits per heavy atom. The summed E-state index contributed by atoms with van der Waals surface area (Å²) in [6.45, 7) is 1.32. The van der Waals surface area contributed by atoms with Crippen LogP contribution < -0.4 is 9.47 Å². The van der Waals surface area contributed by atoms with Gasteiger partial charge in [0, 0.05) is 29.2 Å². The van der Waals surface area contributed by atoms with E-state index in [1.807, 2.05) is 0 Å². The van der Waals surface area contributed by atoms with Crippen molar-refractivity contribution in [3.8, 4) is 11.5 Å². The number of para-hydroxylation sites is 1. The van der Waals surface area contributed by atoms with Gasteiger partial charge in [-0.3, -0.25) is 14.6 Å². The van der Waals surface area contributed by atoms with Gasteiger partial charge in [0.1, 0.15) is 24.3 Å². The largest absolute Gasteiger partial charge is 0.493 e. The Labute approximate surface area is 241 Å². The molecule has 0 bridgehead atoms. The maximum atomic E-state index is 15.3. The molecule has 1 heterocycles. The molecule has 5 rings (SSSR count). The average Bonchev–Trinajstić information content (AvgIpc) is 3.72. The third kappa shape index (κ3) is 6.10. The second kappa shape index (κ2) is 12.5. The maximum Gasteiger partial charge on any atom is 0.190 e. The van der Waals surface area contributed by atoms with Crippen LogP contribution in [0.25, 0.3) is 0 Å². The minimum Gasteiger partial charge on any atom is -0.493 e. The SMILES string of the molecule is CCc1c(F)c(F)cc(C(=O)C2N=C(c3ccc(F)cc3)CC2c2cccc(OCC(=O)CCC3CC3)c2OC)c1F. The number of nitrogens with zero attached hydrogens (tertiary/aromatic N) is 1. The van der Waals surface area contributed by atoms with Crippen molar-refractivity contribution in [2.75, 3.05) is 13.7 Å². The van der Waals surface area contributed by atoms with Gasteiger partial charge in [-0.05, 0) is 55.0 Å². The Balaban J connectivity index is 1.51. The van der Waals surface area contributed by atoms with Gasteiger partial charge < -0.3 is 9.47 Å². The lowest BCUT2D eigenvalue weighted by molar-refractivity contribution is -0.121. The highest BCUT2D eigenvalue weighted by Gasteiger charge is 2.40. The number of aliphatic imine (C=N–C) groups is 1. The second-order valence-corrected chi connectivity index (χ2v) is 10.8.